The molecule has 1 aromatic carbocycles. The smallest absolute Gasteiger partial charge is 0.416 e. The van der Waals surface area contributed by atoms with Crippen molar-refractivity contribution in [3.05, 3.63) is 46.5 Å². The highest BCUT2D eigenvalue weighted by molar-refractivity contribution is 5.55. The first kappa shape index (κ1) is 13.9. The van der Waals surface area contributed by atoms with Crippen LogP contribution in [-0.2, 0) is 13.2 Å². The van der Waals surface area contributed by atoms with Gasteiger partial charge < -0.3 is 15.0 Å². The molecule has 2 N–H and O–H groups in total. The Morgan fingerprint density at radius 3 is 2.65 bits per heavy atom. The van der Waals surface area contributed by atoms with E-state index in [0.717, 1.165) is 18.2 Å². The van der Waals surface area contributed by atoms with Crippen LogP contribution in [0.25, 0.3) is 0 Å². The second kappa shape index (κ2) is 4.87. The molecule has 106 valence electrons. The van der Waals surface area contributed by atoms with E-state index in [9.17, 15) is 18.0 Å². The maximum Gasteiger partial charge on any atom is 0.416 e. The van der Waals surface area contributed by atoms with E-state index in [4.69, 9.17) is 10.5 Å². The summed E-state index contributed by atoms with van der Waals surface area (Å²) in [5, 5.41) is 0. The summed E-state index contributed by atoms with van der Waals surface area (Å²) >= 11 is 0. The SMILES string of the molecule is Cn1ccnc(Oc2ccc(C(F)(F)F)cc2N)c1=O. The van der Waals surface area contributed by atoms with Gasteiger partial charge in [0.15, 0.2) is 5.75 Å². The van der Waals surface area contributed by atoms with E-state index in [-0.39, 0.29) is 17.3 Å². The van der Waals surface area contributed by atoms with Crippen molar-refractivity contribution in [3.63, 3.8) is 0 Å². The highest BCUT2D eigenvalue weighted by Gasteiger charge is 2.31. The number of nitrogens with zero attached hydrogens (tertiary/aromatic N) is 2. The Bertz CT molecular complexity index is 695. The van der Waals surface area contributed by atoms with Gasteiger partial charge >= 0.3 is 11.7 Å². The number of nitrogen functional groups attached to an aromatic ring is 1. The molecule has 2 rings (SSSR count). The van der Waals surface area contributed by atoms with Gasteiger partial charge in [-0.2, -0.15) is 13.2 Å². The van der Waals surface area contributed by atoms with Crippen molar-refractivity contribution < 1.29 is 17.9 Å². The maximum absolute atomic E-state index is 12.5. The zero-order valence-electron chi connectivity index (χ0n) is 10.3. The molecular formula is C12H10F3N3O2. The molecular weight excluding hydrogens is 275 g/mol. The number of ether oxygens (including phenoxy) is 1. The van der Waals surface area contributed by atoms with E-state index in [1.165, 1.54) is 24.0 Å². The summed E-state index contributed by atoms with van der Waals surface area (Å²) in [4.78, 5) is 15.4. The number of alkyl halides is 3. The number of nitrogens with two attached hydrogens (primary N) is 1. The Hall–Kier alpha value is -2.51. The van der Waals surface area contributed by atoms with E-state index in [2.05, 4.69) is 4.98 Å². The molecule has 0 aliphatic carbocycles. The largest absolute Gasteiger partial charge is 0.432 e. The average molecular weight is 285 g/mol. The molecule has 0 fully saturated rings. The Balaban J connectivity index is 2.36. The molecule has 0 aliphatic rings. The summed E-state index contributed by atoms with van der Waals surface area (Å²) in [6.07, 6.45) is -1.74. The lowest BCUT2D eigenvalue weighted by Gasteiger charge is -2.11. The summed E-state index contributed by atoms with van der Waals surface area (Å²) in [7, 11) is 1.49. The molecule has 0 aliphatic heterocycles. The fourth-order valence-electron chi connectivity index (χ4n) is 1.47. The van der Waals surface area contributed by atoms with Crippen LogP contribution in [0.1, 0.15) is 5.56 Å². The summed E-state index contributed by atoms with van der Waals surface area (Å²) in [5.41, 5.74) is 3.85. The molecule has 2 aromatic rings. The minimum Gasteiger partial charge on any atom is -0.432 e. The van der Waals surface area contributed by atoms with Crippen LogP contribution in [0, 0.1) is 0 Å². The number of benzene rings is 1. The third-order valence-electron chi connectivity index (χ3n) is 2.53. The van der Waals surface area contributed by atoms with Crippen LogP contribution < -0.4 is 16.0 Å². The van der Waals surface area contributed by atoms with E-state index in [0.29, 0.717) is 0 Å². The lowest BCUT2D eigenvalue weighted by atomic mass is 10.2. The van der Waals surface area contributed by atoms with Crippen molar-refractivity contribution in [1.29, 1.82) is 0 Å². The average Bonchev–Trinajstić information content (AvgIpc) is 2.36. The Labute approximate surface area is 111 Å². The van der Waals surface area contributed by atoms with Gasteiger partial charge in [-0.3, -0.25) is 4.79 Å². The number of aryl methyl sites for hydroxylation is 1. The Morgan fingerprint density at radius 1 is 1.35 bits per heavy atom. The third-order valence-corrected chi connectivity index (χ3v) is 2.53. The molecule has 8 heteroatoms. The van der Waals surface area contributed by atoms with E-state index < -0.39 is 17.3 Å². The van der Waals surface area contributed by atoms with Crippen molar-refractivity contribution in [2.75, 3.05) is 5.73 Å². The molecule has 0 unspecified atom stereocenters. The third kappa shape index (κ3) is 2.73. The lowest BCUT2D eigenvalue weighted by molar-refractivity contribution is -0.137. The van der Waals surface area contributed by atoms with Crippen molar-refractivity contribution >= 4 is 5.69 Å². The van der Waals surface area contributed by atoms with Gasteiger partial charge in [0.2, 0.25) is 0 Å². The number of hydrogen-bond donors (Lipinski definition) is 1. The van der Waals surface area contributed by atoms with Crippen LogP contribution in [0.5, 0.6) is 11.6 Å². The van der Waals surface area contributed by atoms with Gasteiger partial charge in [-0.15, -0.1) is 0 Å². The fraction of sp³-hybridized carbons (Fsp3) is 0.167. The van der Waals surface area contributed by atoms with Crippen LogP contribution in [0.4, 0.5) is 18.9 Å². The molecule has 1 aromatic heterocycles. The van der Waals surface area contributed by atoms with Crippen molar-refractivity contribution in [2.45, 2.75) is 6.18 Å². The first-order valence-electron chi connectivity index (χ1n) is 5.45. The highest BCUT2D eigenvalue weighted by atomic mass is 19.4. The van der Waals surface area contributed by atoms with Gasteiger partial charge in [0, 0.05) is 19.4 Å². The molecule has 0 spiro atoms. The van der Waals surface area contributed by atoms with Gasteiger partial charge in [0.05, 0.1) is 11.3 Å². The predicted molar refractivity (Wildman–Crippen MR) is 65.4 cm³/mol. The molecule has 1 heterocycles. The second-order valence-corrected chi connectivity index (χ2v) is 4.00. The summed E-state index contributed by atoms with van der Waals surface area (Å²) in [6, 6.07) is 2.61. The topological polar surface area (TPSA) is 70.1 Å². The molecule has 0 bridgehead atoms. The van der Waals surface area contributed by atoms with Crippen LogP contribution >= 0.6 is 0 Å². The monoisotopic (exact) mass is 285 g/mol. The number of hydrogen-bond acceptors (Lipinski definition) is 4. The normalized spacial score (nSPS) is 11.4. The quantitative estimate of drug-likeness (QED) is 0.858. The Morgan fingerprint density at radius 2 is 2.05 bits per heavy atom. The predicted octanol–water partition coefficient (Wildman–Crippen LogP) is 2.17. The minimum absolute atomic E-state index is 0.0613. The Kier molecular flexibility index (Phi) is 3.39. The number of rotatable bonds is 2. The van der Waals surface area contributed by atoms with Crippen molar-refractivity contribution in [3.8, 4) is 11.6 Å². The van der Waals surface area contributed by atoms with Crippen LogP contribution in [-0.4, -0.2) is 9.55 Å². The molecule has 0 radical (unpaired) electrons. The lowest BCUT2D eigenvalue weighted by Crippen LogP contribution is -2.18. The van der Waals surface area contributed by atoms with Crippen LogP contribution in [0.15, 0.2) is 35.4 Å². The summed E-state index contributed by atoms with van der Waals surface area (Å²) in [6.45, 7) is 0. The highest BCUT2D eigenvalue weighted by Crippen LogP contribution is 2.34. The number of aromatic nitrogens is 2. The zero-order valence-corrected chi connectivity index (χ0v) is 10.3. The molecule has 0 saturated heterocycles. The molecule has 0 saturated carbocycles. The van der Waals surface area contributed by atoms with E-state index >= 15 is 0 Å². The summed E-state index contributed by atoms with van der Waals surface area (Å²) in [5.74, 6) is -0.324. The van der Waals surface area contributed by atoms with Crippen molar-refractivity contribution in [2.24, 2.45) is 7.05 Å². The van der Waals surface area contributed by atoms with Gasteiger partial charge in [-0.25, -0.2) is 4.98 Å². The van der Waals surface area contributed by atoms with E-state index in [1.54, 1.807) is 0 Å². The molecule has 0 atom stereocenters. The number of halogens is 3. The van der Waals surface area contributed by atoms with Crippen LogP contribution in [0.2, 0.25) is 0 Å². The van der Waals surface area contributed by atoms with E-state index in [1.807, 2.05) is 0 Å². The summed E-state index contributed by atoms with van der Waals surface area (Å²) < 4.78 is 43.8. The number of anilines is 1. The van der Waals surface area contributed by atoms with Crippen molar-refractivity contribution in [1.82, 2.24) is 9.55 Å². The second-order valence-electron chi connectivity index (χ2n) is 4.00. The first-order chi connectivity index (χ1) is 9.29. The first-order valence-corrected chi connectivity index (χ1v) is 5.45. The van der Waals surface area contributed by atoms with Crippen LogP contribution in [0.3, 0.4) is 0 Å². The minimum atomic E-state index is -4.49. The van der Waals surface area contributed by atoms with Gasteiger partial charge in [-0.05, 0) is 18.2 Å². The molecule has 5 nitrogen and oxygen atoms in total. The fourth-order valence-corrected chi connectivity index (χ4v) is 1.47. The van der Waals surface area contributed by atoms with Gasteiger partial charge in [0.1, 0.15) is 0 Å². The molecule has 0 amide bonds. The zero-order chi connectivity index (χ0) is 14.9. The maximum atomic E-state index is 12.5. The molecule has 20 heavy (non-hydrogen) atoms. The standard InChI is InChI=1S/C12H10F3N3O2/c1-18-5-4-17-10(11(18)19)20-9-3-2-7(6-8(9)16)12(13,14)15/h2-6H,16H2,1H3. The van der Waals surface area contributed by atoms with Gasteiger partial charge in [0.25, 0.3) is 5.88 Å². The van der Waals surface area contributed by atoms with Gasteiger partial charge in [-0.1, -0.05) is 0 Å².